The zero-order valence-electron chi connectivity index (χ0n) is 16.4. The molecule has 0 radical (unpaired) electrons. The summed E-state index contributed by atoms with van der Waals surface area (Å²) in [4.78, 5) is 25.0. The molecule has 146 valence electrons. The molecule has 0 bridgehead atoms. The predicted molar refractivity (Wildman–Crippen MR) is 102 cm³/mol. The smallest absolute Gasteiger partial charge is 0.281 e. The van der Waals surface area contributed by atoms with Gasteiger partial charge in [-0.15, -0.1) is 0 Å². The largest absolute Gasteiger partial charge is 0.497 e. The molecule has 0 spiro atoms. The number of likely N-dealkylation sites (N-methyl/N-ethyl adjacent to an activating group) is 1. The summed E-state index contributed by atoms with van der Waals surface area (Å²) < 4.78 is 10.2. The van der Waals surface area contributed by atoms with Crippen LogP contribution in [0.4, 0.5) is 11.6 Å². The number of ether oxygens (including phenoxy) is 1. The van der Waals surface area contributed by atoms with Crippen molar-refractivity contribution in [3.05, 3.63) is 36.0 Å². The van der Waals surface area contributed by atoms with Gasteiger partial charge in [0, 0.05) is 17.2 Å². The summed E-state index contributed by atoms with van der Waals surface area (Å²) in [6.07, 6.45) is 0. The molecule has 0 aliphatic rings. The fourth-order valence-corrected chi connectivity index (χ4v) is 2.36. The van der Waals surface area contributed by atoms with Gasteiger partial charge in [-0.05, 0) is 24.3 Å². The van der Waals surface area contributed by atoms with Crippen molar-refractivity contribution in [2.24, 2.45) is 0 Å². The molecule has 1 heterocycles. The van der Waals surface area contributed by atoms with E-state index >= 15 is 0 Å². The number of carbonyl (C=O) groups is 2. The van der Waals surface area contributed by atoms with Gasteiger partial charge in [0.15, 0.2) is 13.1 Å². The van der Waals surface area contributed by atoms with Crippen molar-refractivity contribution >= 4 is 23.4 Å². The fourth-order valence-electron chi connectivity index (χ4n) is 2.36. The van der Waals surface area contributed by atoms with Crippen LogP contribution in [0, 0.1) is 0 Å². The van der Waals surface area contributed by atoms with Crippen LogP contribution in [0.2, 0.25) is 0 Å². The maximum Gasteiger partial charge on any atom is 0.281 e. The molecule has 1 unspecified atom stereocenters. The molecule has 27 heavy (non-hydrogen) atoms. The number of nitrogens with zero attached hydrogens (tertiary/aromatic N) is 1. The normalized spacial score (nSPS) is 12.3. The van der Waals surface area contributed by atoms with Gasteiger partial charge in [0.1, 0.15) is 5.75 Å². The van der Waals surface area contributed by atoms with Crippen molar-refractivity contribution in [2.45, 2.75) is 26.2 Å². The molecule has 2 aromatic rings. The van der Waals surface area contributed by atoms with E-state index < -0.39 is 0 Å². The van der Waals surface area contributed by atoms with Gasteiger partial charge in [-0.25, -0.2) is 0 Å². The van der Waals surface area contributed by atoms with Crippen LogP contribution in [0.3, 0.4) is 0 Å². The van der Waals surface area contributed by atoms with Gasteiger partial charge >= 0.3 is 0 Å². The van der Waals surface area contributed by atoms with E-state index in [9.17, 15) is 9.59 Å². The van der Waals surface area contributed by atoms with E-state index in [1.165, 1.54) is 0 Å². The average Bonchev–Trinajstić information content (AvgIpc) is 3.03. The first-order chi connectivity index (χ1) is 12.7. The van der Waals surface area contributed by atoms with Crippen molar-refractivity contribution in [3.8, 4) is 5.75 Å². The summed E-state index contributed by atoms with van der Waals surface area (Å²) in [5.41, 5.74) is 1.28. The Morgan fingerprint density at radius 1 is 1.11 bits per heavy atom. The van der Waals surface area contributed by atoms with E-state index in [0.717, 1.165) is 16.3 Å². The summed E-state index contributed by atoms with van der Waals surface area (Å²) in [6.45, 7) is 6.31. The Kier molecular flexibility index (Phi) is 6.57. The number of anilines is 2. The van der Waals surface area contributed by atoms with Gasteiger partial charge in [0.05, 0.1) is 19.9 Å². The lowest BCUT2D eigenvalue weighted by atomic mass is 9.92. The Bertz CT molecular complexity index is 778. The van der Waals surface area contributed by atoms with E-state index in [1.54, 1.807) is 44.5 Å². The maximum atomic E-state index is 12.1. The molecule has 0 aliphatic heterocycles. The summed E-state index contributed by atoms with van der Waals surface area (Å²) >= 11 is 0. The molecule has 8 nitrogen and oxygen atoms in total. The van der Waals surface area contributed by atoms with Gasteiger partial charge in [0.25, 0.3) is 11.8 Å². The molecule has 0 saturated heterocycles. The third-order valence-electron chi connectivity index (χ3n) is 3.84. The second-order valence-corrected chi connectivity index (χ2v) is 7.46. The number of methoxy groups -OCH3 is 1. The molecular formula is C19H27N4O4+. The quantitative estimate of drug-likeness (QED) is 0.673. The molecule has 2 amide bonds. The van der Waals surface area contributed by atoms with Crippen molar-refractivity contribution in [2.75, 3.05) is 37.9 Å². The summed E-state index contributed by atoms with van der Waals surface area (Å²) in [7, 11) is 3.35. The van der Waals surface area contributed by atoms with E-state index in [2.05, 4.69) is 15.8 Å². The van der Waals surface area contributed by atoms with E-state index in [1.807, 2.05) is 20.8 Å². The summed E-state index contributed by atoms with van der Waals surface area (Å²) in [5, 5.41) is 9.42. The van der Waals surface area contributed by atoms with Crippen LogP contribution in [-0.4, -0.2) is 44.2 Å². The van der Waals surface area contributed by atoms with Crippen LogP contribution in [0.1, 0.15) is 26.5 Å². The predicted octanol–water partition coefficient (Wildman–Crippen LogP) is 1.07. The van der Waals surface area contributed by atoms with Crippen molar-refractivity contribution in [1.29, 1.82) is 0 Å². The second-order valence-electron chi connectivity index (χ2n) is 7.46. The molecule has 0 saturated carbocycles. The minimum Gasteiger partial charge on any atom is -0.497 e. The van der Waals surface area contributed by atoms with Crippen LogP contribution in [0.15, 0.2) is 34.9 Å². The fraction of sp³-hybridized carbons (Fsp3) is 0.421. The lowest BCUT2D eigenvalue weighted by Crippen LogP contribution is -3.11. The van der Waals surface area contributed by atoms with Gasteiger partial charge < -0.3 is 19.5 Å². The summed E-state index contributed by atoms with van der Waals surface area (Å²) in [5.74, 6) is 0.594. The van der Waals surface area contributed by atoms with Crippen LogP contribution >= 0.6 is 0 Å². The SMILES string of the molecule is COc1ccc(NC(=O)C[NH+](C)CC(=O)Nc2cc(C(C)(C)C)no2)cc1. The Balaban J connectivity index is 1.79. The number of hydrogen-bond donors (Lipinski definition) is 3. The zero-order valence-corrected chi connectivity index (χ0v) is 16.4. The highest BCUT2D eigenvalue weighted by molar-refractivity contribution is 5.92. The van der Waals surface area contributed by atoms with Gasteiger partial charge in [-0.2, -0.15) is 0 Å². The number of aromatic nitrogens is 1. The molecule has 8 heteroatoms. The Morgan fingerprint density at radius 3 is 2.22 bits per heavy atom. The Hall–Kier alpha value is -2.87. The Labute approximate surface area is 158 Å². The molecule has 3 N–H and O–H groups in total. The second kappa shape index (κ2) is 8.68. The highest BCUT2D eigenvalue weighted by Gasteiger charge is 2.21. The third-order valence-corrected chi connectivity index (χ3v) is 3.84. The number of hydrogen-bond acceptors (Lipinski definition) is 5. The van der Waals surface area contributed by atoms with Crippen LogP contribution in [-0.2, 0) is 15.0 Å². The topological polar surface area (TPSA) is 97.9 Å². The monoisotopic (exact) mass is 375 g/mol. The third kappa shape index (κ3) is 6.41. The van der Waals surface area contributed by atoms with Crippen molar-refractivity contribution < 1.29 is 23.7 Å². The van der Waals surface area contributed by atoms with E-state index in [0.29, 0.717) is 11.6 Å². The molecule has 0 aliphatic carbocycles. The van der Waals surface area contributed by atoms with E-state index in [-0.39, 0.29) is 30.3 Å². The molecule has 2 rings (SSSR count). The number of rotatable bonds is 7. The summed E-state index contributed by atoms with van der Waals surface area (Å²) in [6, 6.07) is 8.76. The van der Waals surface area contributed by atoms with Crippen LogP contribution < -0.4 is 20.3 Å². The van der Waals surface area contributed by atoms with Crippen LogP contribution in [0.25, 0.3) is 0 Å². The van der Waals surface area contributed by atoms with Crippen molar-refractivity contribution in [3.63, 3.8) is 0 Å². The first-order valence-electron chi connectivity index (χ1n) is 8.69. The molecule has 1 atom stereocenters. The molecule has 1 aromatic carbocycles. The first kappa shape index (κ1) is 20.4. The zero-order chi connectivity index (χ0) is 20.0. The molecule has 1 aromatic heterocycles. The van der Waals surface area contributed by atoms with Gasteiger partial charge in [-0.1, -0.05) is 25.9 Å². The number of carbonyl (C=O) groups excluding carboxylic acids is 2. The lowest BCUT2D eigenvalue weighted by molar-refractivity contribution is -0.862. The minimum absolute atomic E-state index is 0.127. The number of benzene rings is 1. The standard InChI is InChI=1S/C19H26N4O4/c1-19(2,3)15-10-18(27-22-15)21-17(25)12-23(4)11-16(24)20-13-6-8-14(26-5)9-7-13/h6-10H,11-12H2,1-5H3,(H,20,24)(H,21,25)/p+1. The van der Waals surface area contributed by atoms with Gasteiger partial charge in [-0.3, -0.25) is 14.9 Å². The van der Waals surface area contributed by atoms with Crippen LogP contribution in [0.5, 0.6) is 5.75 Å². The minimum atomic E-state index is -0.249. The molecular weight excluding hydrogens is 348 g/mol. The van der Waals surface area contributed by atoms with Crippen molar-refractivity contribution in [1.82, 2.24) is 5.16 Å². The highest BCUT2D eigenvalue weighted by Crippen LogP contribution is 2.23. The first-order valence-corrected chi connectivity index (χ1v) is 8.69. The lowest BCUT2D eigenvalue weighted by Gasteiger charge is -2.13. The number of quaternary nitrogens is 1. The maximum absolute atomic E-state index is 12.1. The highest BCUT2D eigenvalue weighted by atomic mass is 16.5. The van der Waals surface area contributed by atoms with Gasteiger partial charge in [0.2, 0.25) is 5.88 Å². The van der Waals surface area contributed by atoms with E-state index in [4.69, 9.17) is 9.26 Å². The number of amides is 2. The number of nitrogens with one attached hydrogen (secondary N) is 3. The molecule has 0 fully saturated rings. The average molecular weight is 375 g/mol. The Morgan fingerprint density at radius 2 is 1.70 bits per heavy atom.